The zero-order valence-corrected chi connectivity index (χ0v) is 15.1. The van der Waals surface area contributed by atoms with Gasteiger partial charge in [0.05, 0.1) is 10.5 Å². The molecule has 27 heavy (non-hydrogen) atoms. The third kappa shape index (κ3) is 5.53. The number of rotatable bonds is 8. The molecule has 0 aliphatic carbocycles. The smallest absolute Gasteiger partial charge is 0.341 e. The van der Waals surface area contributed by atoms with E-state index >= 15 is 0 Å². The molecule has 0 fully saturated rings. The molecule has 0 aliphatic rings. The fraction of sp³-hybridized carbons (Fsp3) is 0.263. The summed E-state index contributed by atoms with van der Waals surface area (Å²) in [5, 5.41) is 16.7. The van der Waals surface area contributed by atoms with Gasteiger partial charge in [-0.3, -0.25) is 14.9 Å². The Morgan fingerprint density at radius 3 is 2.52 bits per heavy atom. The van der Waals surface area contributed by atoms with Gasteiger partial charge in [0, 0.05) is 30.9 Å². The maximum absolute atomic E-state index is 12.5. The minimum absolute atomic E-state index is 0.00344. The van der Waals surface area contributed by atoms with Crippen LogP contribution >= 0.6 is 0 Å². The number of carbonyl (C=O) groups is 2. The van der Waals surface area contributed by atoms with Crippen LogP contribution in [0.2, 0.25) is 0 Å². The molecule has 8 nitrogen and oxygen atoms in total. The summed E-state index contributed by atoms with van der Waals surface area (Å²) in [4.78, 5) is 34.7. The van der Waals surface area contributed by atoms with E-state index in [2.05, 4.69) is 10.6 Å². The summed E-state index contributed by atoms with van der Waals surface area (Å²) in [6.45, 7) is 4.02. The number of hydrogen-bond acceptors (Lipinski definition) is 6. The Balaban J connectivity index is 2.22. The molecule has 2 rings (SSSR count). The van der Waals surface area contributed by atoms with Gasteiger partial charge in [0.25, 0.3) is 11.6 Å². The average molecular weight is 371 g/mol. The van der Waals surface area contributed by atoms with Gasteiger partial charge in [0.1, 0.15) is 0 Å². The maximum atomic E-state index is 12.5. The van der Waals surface area contributed by atoms with E-state index in [4.69, 9.17) is 4.74 Å². The third-order valence-corrected chi connectivity index (χ3v) is 3.76. The van der Waals surface area contributed by atoms with Crippen molar-refractivity contribution >= 4 is 23.3 Å². The lowest BCUT2D eigenvalue weighted by Gasteiger charge is -2.15. The van der Waals surface area contributed by atoms with Crippen molar-refractivity contribution in [2.24, 2.45) is 0 Å². The lowest BCUT2D eigenvalue weighted by molar-refractivity contribution is -0.384. The molecule has 0 aliphatic heterocycles. The van der Waals surface area contributed by atoms with E-state index in [1.54, 1.807) is 6.92 Å². The molecule has 0 bridgehead atoms. The Morgan fingerprint density at radius 2 is 1.89 bits per heavy atom. The highest BCUT2D eigenvalue weighted by molar-refractivity contribution is 5.98. The zero-order valence-electron chi connectivity index (χ0n) is 15.1. The van der Waals surface area contributed by atoms with Crippen LogP contribution in [0.4, 0.5) is 11.4 Å². The number of likely N-dealkylation sites (N-methyl/N-ethyl adjacent to an activating group) is 1. The van der Waals surface area contributed by atoms with Crippen LogP contribution in [0.1, 0.15) is 29.8 Å². The molecule has 1 atom stereocenters. The highest BCUT2D eigenvalue weighted by Gasteiger charge is 2.22. The van der Waals surface area contributed by atoms with Crippen LogP contribution in [0.15, 0.2) is 48.5 Å². The summed E-state index contributed by atoms with van der Waals surface area (Å²) in [6, 6.07) is 13.4. The Kier molecular flexibility index (Phi) is 6.87. The summed E-state index contributed by atoms with van der Waals surface area (Å²) >= 11 is 0. The number of esters is 1. The Labute approximate surface area is 156 Å². The van der Waals surface area contributed by atoms with Gasteiger partial charge in [0.15, 0.2) is 6.10 Å². The molecular formula is C19H21N3O5. The summed E-state index contributed by atoms with van der Waals surface area (Å²) in [5.41, 5.74) is 1.12. The molecule has 2 aromatic rings. The molecule has 142 valence electrons. The molecule has 0 saturated carbocycles. The van der Waals surface area contributed by atoms with E-state index in [0.29, 0.717) is 18.8 Å². The van der Waals surface area contributed by atoms with Gasteiger partial charge in [0.2, 0.25) is 0 Å². The molecule has 0 spiro atoms. The van der Waals surface area contributed by atoms with E-state index < -0.39 is 22.9 Å². The first-order chi connectivity index (χ1) is 12.9. The number of amides is 1. The zero-order chi connectivity index (χ0) is 19.8. The van der Waals surface area contributed by atoms with Crippen molar-refractivity contribution in [2.45, 2.75) is 26.5 Å². The van der Waals surface area contributed by atoms with Gasteiger partial charge in [-0.2, -0.15) is 0 Å². The van der Waals surface area contributed by atoms with E-state index in [0.717, 1.165) is 11.6 Å². The Morgan fingerprint density at radius 1 is 1.19 bits per heavy atom. The number of hydrogen-bond donors (Lipinski definition) is 2. The number of ether oxygens (including phenoxy) is 1. The SMILES string of the molecule is CCNC(=O)[C@@H](C)OC(=O)c1cc([N+](=O)[O-])ccc1NCc1ccccc1. The minimum atomic E-state index is -1.02. The molecule has 0 unspecified atom stereocenters. The van der Waals surface area contributed by atoms with Crippen molar-refractivity contribution in [3.05, 3.63) is 69.8 Å². The largest absolute Gasteiger partial charge is 0.449 e. The van der Waals surface area contributed by atoms with Gasteiger partial charge < -0.3 is 15.4 Å². The van der Waals surface area contributed by atoms with Gasteiger partial charge in [-0.15, -0.1) is 0 Å². The van der Waals surface area contributed by atoms with E-state index in [1.165, 1.54) is 19.1 Å². The number of non-ortho nitro benzene ring substituents is 1. The quantitative estimate of drug-likeness (QED) is 0.419. The lowest BCUT2D eigenvalue weighted by Crippen LogP contribution is -2.35. The predicted octanol–water partition coefficient (Wildman–Crippen LogP) is 2.89. The van der Waals surface area contributed by atoms with Gasteiger partial charge in [-0.1, -0.05) is 30.3 Å². The van der Waals surface area contributed by atoms with Gasteiger partial charge in [-0.05, 0) is 25.5 Å². The third-order valence-electron chi connectivity index (χ3n) is 3.76. The van der Waals surface area contributed by atoms with Crippen LogP contribution < -0.4 is 10.6 Å². The molecule has 0 heterocycles. The fourth-order valence-electron chi connectivity index (χ4n) is 2.36. The normalized spacial score (nSPS) is 11.3. The highest BCUT2D eigenvalue weighted by atomic mass is 16.6. The lowest BCUT2D eigenvalue weighted by atomic mass is 10.1. The summed E-state index contributed by atoms with van der Waals surface area (Å²) in [7, 11) is 0. The molecule has 0 radical (unpaired) electrons. The van der Waals surface area contributed by atoms with E-state index in [9.17, 15) is 19.7 Å². The van der Waals surface area contributed by atoms with E-state index in [1.807, 2.05) is 30.3 Å². The molecule has 2 aromatic carbocycles. The van der Waals surface area contributed by atoms with Crippen molar-refractivity contribution in [3.63, 3.8) is 0 Å². The molecule has 1 amide bonds. The topological polar surface area (TPSA) is 111 Å². The monoisotopic (exact) mass is 371 g/mol. The average Bonchev–Trinajstić information content (AvgIpc) is 2.67. The number of carbonyl (C=O) groups excluding carboxylic acids is 2. The summed E-state index contributed by atoms with van der Waals surface area (Å²) in [5.74, 6) is -1.25. The van der Waals surface area contributed by atoms with Crippen LogP contribution in [0, 0.1) is 10.1 Å². The van der Waals surface area contributed by atoms with E-state index in [-0.39, 0.29) is 11.3 Å². The highest BCUT2D eigenvalue weighted by Crippen LogP contribution is 2.24. The number of nitro benzene ring substituents is 1. The van der Waals surface area contributed by atoms with Crippen molar-refractivity contribution in [2.75, 3.05) is 11.9 Å². The van der Waals surface area contributed by atoms with Crippen molar-refractivity contribution in [1.29, 1.82) is 0 Å². The first-order valence-corrected chi connectivity index (χ1v) is 8.47. The predicted molar refractivity (Wildman–Crippen MR) is 100 cm³/mol. The molecule has 2 N–H and O–H groups in total. The molecule has 8 heteroatoms. The molecular weight excluding hydrogens is 350 g/mol. The number of nitrogens with one attached hydrogen (secondary N) is 2. The first kappa shape index (κ1) is 19.9. The second-order valence-electron chi connectivity index (χ2n) is 5.77. The molecule has 0 aromatic heterocycles. The van der Waals surface area contributed by atoms with Gasteiger partial charge >= 0.3 is 5.97 Å². The fourth-order valence-corrected chi connectivity index (χ4v) is 2.36. The maximum Gasteiger partial charge on any atom is 0.341 e. The van der Waals surface area contributed by atoms with Crippen molar-refractivity contribution in [1.82, 2.24) is 5.32 Å². The Hall–Kier alpha value is -3.42. The summed E-state index contributed by atoms with van der Waals surface area (Å²) in [6.07, 6.45) is -1.02. The van der Waals surface area contributed by atoms with Crippen LogP contribution in [0.5, 0.6) is 0 Å². The van der Waals surface area contributed by atoms with Crippen molar-refractivity contribution in [3.8, 4) is 0 Å². The van der Waals surface area contributed by atoms with Crippen LogP contribution in [0.25, 0.3) is 0 Å². The van der Waals surface area contributed by atoms with Gasteiger partial charge in [-0.25, -0.2) is 4.79 Å². The second kappa shape index (κ2) is 9.33. The second-order valence-corrected chi connectivity index (χ2v) is 5.77. The number of benzene rings is 2. The molecule has 0 saturated heterocycles. The van der Waals surface area contributed by atoms with Crippen molar-refractivity contribution < 1.29 is 19.2 Å². The van der Waals surface area contributed by atoms with Crippen LogP contribution in [-0.2, 0) is 16.1 Å². The minimum Gasteiger partial charge on any atom is -0.449 e. The first-order valence-electron chi connectivity index (χ1n) is 8.47. The number of anilines is 1. The van der Waals surface area contributed by atoms with Crippen LogP contribution in [0.3, 0.4) is 0 Å². The summed E-state index contributed by atoms with van der Waals surface area (Å²) < 4.78 is 5.16. The van der Waals surface area contributed by atoms with Crippen LogP contribution in [-0.4, -0.2) is 29.4 Å². The Bertz CT molecular complexity index is 823. The number of nitrogens with zero attached hydrogens (tertiary/aromatic N) is 1. The standard InChI is InChI=1S/C19H21N3O5/c1-3-20-18(23)13(2)27-19(24)16-11-15(22(25)26)9-10-17(16)21-12-14-7-5-4-6-8-14/h4-11,13,21H,3,12H2,1-2H3,(H,20,23)/t13-/m1/s1. The number of nitro groups is 1.